The van der Waals surface area contributed by atoms with Crippen molar-refractivity contribution in [3.8, 4) is 5.75 Å². The van der Waals surface area contributed by atoms with Crippen molar-refractivity contribution < 1.29 is 9.90 Å². The van der Waals surface area contributed by atoms with Crippen molar-refractivity contribution in [3.63, 3.8) is 0 Å². The number of rotatable bonds is 2. The Morgan fingerprint density at radius 3 is 2.88 bits per heavy atom. The fraction of sp³-hybridized carbons (Fsp3) is 0.417. The molecule has 1 aliphatic rings. The Morgan fingerprint density at radius 2 is 2.31 bits per heavy atom. The molecule has 4 heteroatoms. The Labute approximate surface area is 99.6 Å². The number of halogens is 1. The van der Waals surface area contributed by atoms with Crippen LogP contribution in [0.15, 0.2) is 18.2 Å². The number of phenols is 1. The number of amides is 1. The number of aromatic hydroxyl groups is 1. The SMILES string of the molecule is Cc1cc(O)ccc1N1CC(CCl)CC1=O. The minimum Gasteiger partial charge on any atom is -0.508 e. The maximum absolute atomic E-state index is 11.8. The summed E-state index contributed by atoms with van der Waals surface area (Å²) in [6.45, 7) is 2.56. The van der Waals surface area contributed by atoms with Gasteiger partial charge in [-0.15, -0.1) is 11.6 Å². The molecule has 0 bridgehead atoms. The maximum Gasteiger partial charge on any atom is 0.227 e. The van der Waals surface area contributed by atoms with Gasteiger partial charge in [0.1, 0.15) is 5.75 Å². The van der Waals surface area contributed by atoms with Gasteiger partial charge in [-0.2, -0.15) is 0 Å². The Balaban J connectivity index is 2.28. The first-order chi connectivity index (χ1) is 7.61. The van der Waals surface area contributed by atoms with E-state index in [-0.39, 0.29) is 17.6 Å². The fourth-order valence-electron chi connectivity index (χ4n) is 2.06. The zero-order valence-electron chi connectivity index (χ0n) is 9.11. The number of phenolic OH excluding ortho intramolecular Hbond substituents is 1. The number of carbonyl (C=O) groups is 1. The van der Waals surface area contributed by atoms with Crippen LogP contribution in [0.1, 0.15) is 12.0 Å². The minimum absolute atomic E-state index is 0.111. The quantitative estimate of drug-likeness (QED) is 0.805. The van der Waals surface area contributed by atoms with E-state index in [9.17, 15) is 9.90 Å². The van der Waals surface area contributed by atoms with E-state index in [4.69, 9.17) is 11.6 Å². The van der Waals surface area contributed by atoms with E-state index in [2.05, 4.69) is 0 Å². The summed E-state index contributed by atoms with van der Waals surface area (Å²) in [5.74, 6) is 1.09. The van der Waals surface area contributed by atoms with Gasteiger partial charge in [0.15, 0.2) is 0 Å². The number of carbonyl (C=O) groups excluding carboxylic acids is 1. The van der Waals surface area contributed by atoms with Crippen molar-refractivity contribution in [1.29, 1.82) is 0 Å². The summed E-state index contributed by atoms with van der Waals surface area (Å²) in [6, 6.07) is 5.04. The Kier molecular flexibility index (Phi) is 3.06. The topological polar surface area (TPSA) is 40.5 Å². The summed E-state index contributed by atoms with van der Waals surface area (Å²) >= 11 is 5.77. The second-order valence-corrected chi connectivity index (χ2v) is 4.51. The molecule has 1 unspecified atom stereocenters. The third-order valence-corrected chi connectivity index (χ3v) is 3.33. The molecule has 1 aliphatic heterocycles. The first-order valence-corrected chi connectivity index (χ1v) is 5.81. The smallest absolute Gasteiger partial charge is 0.227 e. The van der Waals surface area contributed by atoms with E-state index in [1.54, 1.807) is 23.1 Å². The van der Waals surface area contributed by atoms with Gasteiger partial charge in [0.25, 0.3) is 0 Å². The fourth-order valence-corrected chi connectivity index (χ4v) is 2.27. The van der Waals surface area contributed by atoms with Crippen molar-refractivity contribution >= 4 is 23.2 Å². The standard InChI is InChI=1S/C12H14ClNO2/c1-8-4-10(15)2-3-11(8)14-7-9(6-13)5-12(14)16/h2-4,9,15H,5-7H2,1H3. The van der Waals surface area contributed by atoms with Crippen LogP contribution < -0.4 is 4.90 Å². The van der Waals surface area contributed by atoms with Gasteiger partial charge in [-0.1, -0.05) is 0 Å². The average Bonchev–Trinajstić information content (AvgIpc) is 2.60. The predicted molar refractivity (Wildman–Crippen MR) is 64.0 cm³/mol. The summed E-state index contributed by atoms with van der Waals surface area (Å²) in [6.07, 6.45) is 0.518. The molecule has 86 valence electrons. The van der Waals surface area contributed by atoms with E-state index in [0.717, 1.165) is 11.3 Å². The second-order valence-electron chi connectivity index (χ2n) is 4.20. The molecular formula is C12H14ClNO2. The molecular weight excluding hydrogens is 226 g/mol. The lowest BCUT2D eigenvalue weighted by atomic mass is 10.1. The van der Waals surface area contributed by atoms with Gasteiger partial charge in [-0.05, 0) is 36.6 Å². The van der Waals surface area contributed by atoms with Crippen molar-refractivity contribution in [1.82, 2.24) is 0 Å². The van der Waals surface area contributed by atoms with Crippen LogP contribution in [0.2, 0.25) is 0 Å². The van der Waals surface area contributed by atoms with Crippen LogP contribution in [0.5, 0.6) is 5.75 Å². The van der Waals surface area contributed by atoms with Crippen LogP contribution in [0.3, 0.4) is 0 Å². The predicted octanol–water partition coefficient (Wildman–Crippen LogP) is 2.29. The average molecular weight is 240 g/mol. The summed E-state index contributed by atoms with van der Waals surface area (Å²) < 4.78 is 0. The Hall–Kier alpha value is -1.22. The van der Waals surface area contributed by atoms with E-state index in [1.165, 1.54) is 0 Å². The van der Waals surface area contributed by atoms with E-state index in [0.29, 0.717) is 18.8 Å². The number of hydrogen-bond donors (Lipinski definition) is 1. The molecule has 1 fully saturated rings. The van der Waals surface area contributed by atoms with E-state index >= 15 is 0 Å². The summed E-state index contributed by atoms with van der Waals surface area (Å²) in [7, 11) is 0. The lowest BCUT2D eigenvalue weighted by Crippen LogP contribution is -2.25. The molecule has 1 saturated heterocycles. The highest BCUT2D eigenvalue weighted by molar-refractivity contribution is 6.18. The van der Waals surface area contributed by atoms with Gasteiger partial charge in [0.2, 0.25) is 5.91 Å². The molecule has 2 rings (SSSR count). The van der Waals surface area contributed by atoms with Crippen LogP contribution in [-0.2, 0) is 4.79 Å². The highest BCUT2D eigenvalue weighted by atomic mass is 35.5. The van der Waals surface area contributed by atoms with Crippen LogP contribution in [0.25, 0.3) is 0 Å². The minimum atomic E-state index is 0.111. The third-order valence-electron chi connectivity index (χ3n) is 2.89. The third kappa shape index (κ3) is 2.00. The zero-order chi connectivity index (χ0) is 11.7. The number of alkyl halides is 1. The van der Waals surface area contributed by atoms with Crippen molar-refractivity contribution in [2.75, 3.05) is 17.3 Å². The zero-order valence-corrected chi connectivity index (χ0v) is 9.87. The number of hydrogen-bond acceptors (Lipinski definition) is 2. The van der Waals surface area contributed by atoms with Crippen molar-refractivity contribution in [2.45, 2.75) is 13.3 Å². The monoisotopic (exact) mass is 239 g/mol. The van der Waals surface area contributed by atoms with E-state index < -0.39 is 0 Å². The molecule has 16 heavy (non-hydrogen) atoms. The summed E-state index contributed by atoms with van der Waals surface area (Å²) in [5.41, 5.74) is 1.78. The van der Waals surface area contributed by atoms with Crippen LogP contribution in [0.4, 0.5) is 5.69 Å². The lowest BCUT2D eigenvalue weighted by Gasteiger charge is -2.18. The molecule has 0 radical (unpaired) electrons. The largest absolute Gasteiger partial charge is 0.508 e. The molecule has 1 amide bonds. The number of aryl methyl sites for hydroxylation is 1. The maximum atomic E-state index is 11.8. The second kappa shape index (κ2) is 4.34. The van der Waals surface area contributed by atoms with Crippen LogP contribution >= 0.6 is 11.6 Å². The van der Waals surface area contributed by atoms with Gasteiger partial charge in [-0.25, -0.2) is 0 Å². The molecule has 1 aromatic carbocycles. The van der Waals surface area contributed by atoms with Gasteiger partial charge in [-0.3, -0.25) is 4.79 Å². The molecule has 0 saturated carbocycles. The first kappa shape index (κ1) is 11.3. The molecule has 0 aliphatic carbocycles. The Morgan fingerprint density at radius 1 is 1.56 bits per heavy atom. The van der Waals surface area contributed by atoms with E-state index in [1.807, 2.05) is 6.92 Å². The van der Waals surface area contributed by atoms with Gasteiger partial charge in [0, 0.05) is 24.5 Å². The number of anilines is 1. The highest BCUT2D eigenvalue weighted by Crippen LogP contribution is 2.30. The van der Waals surface area contributed by atoms with Crippen LogP contribution in [-0.4, -0.2) is 23.4 Å². The highest BCUT2D eigenvalue weighted by Gasteiger charge is 2.30. The molecule has 1 aromatic rings. The molecule has 1 atom stereocenters. The van der Waals surface area contributed by atoms with Gasteiger partial charge >= 0.3 is 0 Å². The van der Waals surface area contributed by atoms with Gasteiger partial charge < -0.3 is 10.0 Å². The molecule has 1 heterocycles. The molecule has 0 spiro atoms. The van der Waals surface area contributed by atoms with Gasteiger partial charge in [0.05, 0.1) is 0 Å². The first-order valence-electron chi connectivity index (χ1n) is 5.27. The summed E-state index contributed by atoms with van der Waals surface area (Å²) in [5, 5.41) is 9.32. The summed E-state index contributed by atoms with van der Waals surface area (Å²) in [4.78, 5) is 13.5. The van der Waals surface area contributed by atoms with Crippen LogP contribution in [0, 0.1) is 12.8 Å². The molecule has 0 aromatic heterocycles. The van der Waals surface area contributed by atoms with Crippen molar-refractivity contribution in [2.24, 2.45) is 5.92 Å². The molecule has 3 nitrogen and oxygen atoms in total. The Bertz CT molecular complexity index is 419. The normalized spacial score (nSPS) is 20.5. The lowest BCUT2D eigenvalue weighted by molar-refractivity contribution is -0.117. The molecule has 1 N–H and O–H groups in total. The number of benzene rings is 1. The number of nitrogens with zero attached hydrogens (tertiary/aromatic N) is 1. The van der Waals surface area contributed by atoms with Crippen molar-refractivity contribution in [3.05, 3.63) is 23.8 Å².